The number of benzene rings is 2. The maximum Gasteiger partial charge on any atom is 0.179 e. The van der Waals surface area contributed by atoms with Crippen LogP contribution < -0.4 is 14.8 Å². The van der Waals surface area contributed by atoms with Gasteiger partial charge in [-0.25, -0.2) is 0 Å². The second-order valence-electron chi connectivity index (χ2n) is 4.59. The summed E-state index contributed by atoms with van der Waals surface area (Å²) in [7, 11) is 3.18. The van der Waals surface area contributed by atoms with Crippen molar-refractivity contribution in [2.75, 3.05) is 19.5 Å². The van der Waals surface area contributed by atoms with E-state index in [9.17, 15) is 0 Å². The number of hydrogen-bond acceptors (Lipinski definition) is 3. The van der Waals surface area contributed by atoms with Crippen LogP contribution >= 0.6 is 27.5 Å². The normalized spacial score (nSPS) is 10.3. The summed E-state index contributed by atoms with van der Waals surface area (Å²) < 4.78 is 11.6. The highest BCUT2D eigenvalue weighted by molar-refractivity contribution is 9.10. The van der Waals surface area contributed by atoms with Crippen molar-refractivity contribution in [3.8, 4) is 11.5 Å². The van der Waals surface area contributed by atoms with Crippen LogP contribution in [-0.4, -0.2) is 14.2 Å². The van der Waals surface area contributed by atoms with Crippen molar-refractivity contribution in [1.29, 1.82) is 0 Å². The van der Waals surface area contributed by atoms with Gasteiger partial charge < -0.3 is 14.8 Å². The summed E-state index contributed by atoms with van der Waals surface area (Å²) in [5, 5.41) is 3.92. The van der Waals surface area contributed by atoms with Gasteiger partial charge in [0.1, 0.15) is 0 Å². The molecule has 21 heavy (non-hydrogen) atoms. The van der Waals surface area contributed by atoms with Gasteiger partial charge in [0.15, 0.2) is 11.5 Å². The summed E-state index contributed by atoms with van der Waals surface area (Å²) in [6.07, 6.45) is 0. The van der Waals surface area contributed by atoms with Gasteiger partial charge >= 0.3 is 0 Å². The first-order valence-electron chi connectivity index (χ1n) is 6.46. The van der Waals surface area contributed by atoms with Crippen LogP contribution in [0.1, 0.15) is 11.1 Å². The molecule has 2 aromatic rings. The van der Waals surface area contributed by atoms with Crippen LogP contribution in [0.25, 0.3) is 0 Å². The lowest BCUT2D eigenvalue weighted by Gasteiger charge is -2.14. The van der Waals surface area contributed by atoms with Crippen molar-refractivity contribution in [2.45, 2.75) is 13.5 Å². The van der Waals surface area contributed by atoms with Crippen molar-refractivity contribution in [3.05, 3.63) is 51.0 Å². The van der Waals surface area contributed by atoms with Gasteiger partial charge in [-0.3, -0.25) is 0 Å². The van der Waals surface area contributed by atoms with Crippen molar-refractivity contribution in [1.82, 2.24) is 0 Å². The molecule has 0 aliphatic heterocycles. The van der Waals surface area contributed by atoms with E-state index in [1.54, 1.807) is 14.2 Å². The van der Waals surface area contributed by atoms with Crippen LogP contribution in [0.15, 0.2) is 34.8 Å². The Balaban J connectivity index is 2.18. The Hall–Kier alpha value is -1.39. The average molecular weight is 371 g/mol. The molecule has 0 aromatic heterocycles. The molecule has 0 unspecified atom stereocenters. The highest BCUT2D eigenvalue weighted by Crippen LogP contribution is 2.37. The lowest BCUT2D eigenvalue weighted by molar-refractivity contribution is 0.355. The first kappa shape index (κ1) is 16.0. The van der Waals surface area contributed by atoms with E-state index < -0.39 is 0 Å². The molecule has 0 heterocycles. The summed E-state index contributed by atoms with van der Waals surface area (Å²) in [4.78, 5) is 0. The van der Waals surface area contributed by atoms with Crippen molar-refractivity contribution < 1.29 is 9.47 Å². The molecule has 0 amide bonds. The molecule has 0 aliphatic rings. The molecule has 1 N–H and O–H groups in total. The topological polar surface area (TPSA) is 30.5 Å². The Labute approximate surface area is 138 Å². The smallest absolute Gasteiger partial charge is 0.179 e. The molecule has 0 atom stereocenters. The van der Waals surface area contributed by atoms with Gasteiger partial charge in [-0.2, -0.15) is 0 Å². The van der Waals surface area contributed by atoms with E-state index in [4.69, 9.17) is 21.1 Å². The van der Waals surface area contributed by atoms with E-state index in [-0.39, 0.29) is 0 Å². The second kappa shape index (κ2) is 7.05. The van der Waals surface area contributed by atoms with Crippen LogP contribution in [0.3, 0.4) is 0 Å². The molecule has 5 heteroatoms. The number of rotatable bonds is 5. The number of nitrogens with one attached hydrogen (secondary N) is 1. The molecule has 2 aromatic carbocycles. The fourth-order valence-corrected chi connectivity index (χ4v) is 2.57. The molecular formula is C16H17BrClNO2. The largest absolute Gasteiger partial charge is 0.493 e. The van der Waals surface area contributed by atoms with E-state index in [1.807, 2.05) is 24.3 Å². The predicted molar refractivity (Wildman–Crippen MR) is 90.8 cm³/mol. The zero-order valence-electron chi connectivity index (χ0n) is 12.2. The van der Waals surface area contributed by atoms with Crippen LogP contribution in [0.2, 0.25) is 5.02 Å². The van der Waals surface area contributed by atoms with Gasteiger partial charge in [-0.05, 0) is 42.3 Å². The summed E-state index contributed by atoms with van der Waals surface area (Å²) in [6.45, 7) is 2.67. The fraction of sp³-hybridized carbons (Fsp3) is 0.250. The highest BCUT2D eigenvalue weighted by atomic mass is 79.9. The molecule has 0 spiro atoms. The molecule has 0 saturated carbocycles. The number of ether oxygens (including phenoxy) is 2. The molecule has 3 nitrogen and oxygen atoms in total. The molecular weight excluding hydrogens is 354 g/mol. The van der Waals surface area contributed by atoms with Gasteiger partial charge in [0.2, 0.25) is 0 Å². The second-order valence-corrected chi connectivity index (χ2v) is 5.82. The molecule has 0 aliphatic carbocycles. The number of methoxy groups -OCH3 is 2. The highest BCUT2D eigenvalue weighted by Gasteiger charge is 2.12. The third-order valence-electron chi connectivity index (χ3n) is 3.21. The zero-order chi connectivity index (χ0) is 15.4. The Morgan fingerprint density at radius 2 is 1.90 bits per heavy atom. The summed E-state index contributed by atoms with van der Waals surface area (Å²) >= 11 is 9.86. The maximum absolute atomic E-state index is 6.36. The van der Waals surface area contributed by atoms with Crippen molar-refractivity contribution in [3.63, 3.8) is 0 Å². The van der Waals surface area contributed by atoms with Gasteiger partial charge in [0, 0.05) is 16.7 Å². The Kier molecular flexibility index (Phi) is 5.37. The number of aryl methyl sites for hydroxylation is 1. The molecule has 112 valence electrons. The lowest BCUT2D eigenvalue weighted by Crippen LogP contribution is -2.02. The number of hydrogen-bond donors (Lipinski definition) is 1. The van der Waals surface area contributed by atoms with Crippen LogP contribution in [0.5, 0.6) is 11.5 Å². The number of halogens is 2. The Bertz CT molecular complexity index is 646. The van der Waals surface area contributed by atoms with Crippen molar-refractivity contribution in [2.24, 2.45) is 0 Å². The lowest BCUT2D eigenvalue weighted by atomic mass is 10.1. The van der Waals surface area contributed by atoms with Crippen LogP contribution in [-0.2, 0) is 6.54 Å². The molecule has 0 radical (unpaired) electrons. The third-order valence-corrected chi connectivity index (χ3v) is 4.51. The fourth-order valence-electron chi connectivity index (χ4n) is 2.02. The monoisotopic (exact) mass is 369 g/mol. The van der Waals surface area contributed by atoms with Gasteiger partial charge in [0.25, 0.3) is 0 Å². The molecule has 0 fully saturated rings. The molecule has 0 saturated heterocycles. The third kappa shape index (κ3) is 3.63. The average Bonchev–Trinajstić information content (AvgIpc) is 2.49. The Morgan fingerprint density at radius 1 is 1.14 bits per heavy atom. The van der Waals surface area contributed by atoms with Gasteiger partial charge in [0.05, 0.1) is 19.2 Å². The Morgan fingerprint density at radius 3 is 2.52 bits per heavy atom. The van der Waals surface area contributed by atoms with E-state index in [2.05, 4.69) is 34.2 Å². The minimum Gasteiger partial charge on any atom is -0.493 e. The van der Waals surface area contributed by atoms with E-state index in [0.717, 1.165) is 15.7 Å². The molecule has 0 bridgehead atoms. The van der Waals surface area contributed by atoms with Gasteiger partial charge in [-0.15, -0.1) is 0 Å². The van der Waals surface area contributed by atoms with E-state index >= 15 is 0 Å². The SMILES string of the molecule is COc1ccc(CNc2ccc(Br)c(C)c2)c(Cl)c1OC. The standard InChI is InChI=1S/C16H17BrClNO2/c1-10-8-12(5-6-13(10)17)19-9-11-4-7-14(20-2)16(21-3)15(11)18/h4-8,19H,9H2,1-3H3. The van der Waals surface area contributed by atoms with E-state index in [1.165, 1.54) is 5.56 Å². The minimum atomic E-state index is 0.561. The summed E-state index contributed by atoms with van der Waals surface area (Å²) in [5.41, 5.74) is 3.18. The summed E-state index contributed by atoms with van der Waals surface area (Å²) in [5.74, 6) is 1.19. The van der Waals surface area contributed by atoms with Crippen molar-refractivity contribution >= 4 is 33.2 Å². The minimum absolute atomic E-state index is 0.561. The molecule has 2 rings (SSSR count). The quantitative estimate of drug-likeness (QED) is 0.800. The number of anilines is 1. The van der Waals surface area contributed by atoms with Crippen LogP contribution in [0, 0.1) is 6.92 Å². The van der Waals surface area contributed by atoms with E-state index in [0.29, 0.717) is 23.1 Å². The zero-order valence-corrected chi connectivity index (χ0v) is 14.5. The van der Waals surface area contributed by atoms with Crippen LogP contribution in [0.4, 0.5) is 5.69 Å². The predicted octanol–water partition coefficient (Wildman–Crippen LogP) is 5.04. The first-order valence-corrected chi connectivity index (χ1v) is 7.63. The van der Waals surface area contributed by atoms with Gasteiger partial charge in [-0.1, -0.05) is 33.6 Å². The summed E-state index contributed by atoms with van der Waals surface area (Å²) in [6, 6.07) is 9.91. The maximum atomic E-state index is 6.36. The first-order chi connectivity index (χ1) is 10.1.